The number of aromatic nitrogens is 1. The minimum Gasteiger partial charge on any atom is -0.450 e. The maximum Gasteiger partial charge on any atom is 0.411 e. The van der Waals surface area contributed by atoms with Crippen LogP contribution in [0.15, 0.2) is 11.0 Å². The smallest absolute Gasteiger partial charge is 0.411 e. The lowest BCUT2D eigenvalue weighted by Gasteiger charge is -2.11. The molecule has 1 heterocycles. The van der Waals surface area contributed by atoms with Gasteiger partial charge in [0, 0.05) is 13.2 Å². The molecule has 1 rings (SSSR count). The van der Waals surface area contributed by atoms with Gasteiger partial charge in [-0.1, -0.05) is 5.46 Å². The van der Waals surface area contributed by atoms with Crippen LogP contribution in [0.2, 0.25) is 0 Å². The van der Waals surface area contributed by atoms with Gasteiger partial charge in [-0.25, -0.2) is 4.79 Å². The third kappa shape index (κ3) is 2.45. The van der Waals surface area contributed by atoms with Crippen molar-refractivity contribution in [3.63, 3.8) is 0 Å². The van der Waals surface area contributed by atoms with Gasteiger partial charge >= 0.3 is 6.09 Å². The van der Waals surface area contributed by atoms with Gasteiger partial charge < -0.3 is 9.30 Å². The van der Waals surface area contributed by atoms with Crippen LogP contribution in [0.25, 0.3) is 0 Å². The molecule has 0 aliphatic rings. The molecule has 1 amide bonds. The van der Waals surface area contributed by atoms with Crippen molar-refractivity contribution in [1.82, 2.24) is 4.57 Å². The number of nitrogens with zero attached hydrogens (tertiary/aromatic N) is 1. The molecule has 2 radical (unpaired) electrons. The molecular formula is C10H13BN2O3. The van der Waals surface area contributed by atoms with Crippen LogP contribution in [-0.4, -0.2) is 25.1 Å². The molecule has 0 fully saturated rings. The Hall–Kier alpha value is -1.72. The van der Waals surface area contributed by atoms with Crippen molar-refractivity contribution in [3.8, 4) is 0 Å². The Labute approximate surface area is 94.8 Å². The minimum atomic E-state index is -0.659. The van der Waals surface area contributed by atoms with E-state index in [2.05, 4.69) is 5.32 Å². The average Bonchev–Trinajstić information content (AvgIpc) is 2.22. The van der Waals surface area contributed by atoms with E-state index in [9.17, 15) is 9.59 Å². The maximum atomic E-state index is 11.7. The number of rotatable bonds is 2. The van der Waals surface area contributed by atoms with Gasteiger partial charge in [-0.15, -0.1) is 0 Å². The lowest BCUT2D eigenvalue weighted by atomic mass is 9.92. The molecule has 0 saturated carbocycles. The summed E-state index contributed by atoms with van der Waals surface area (Å²) in [5, 5.41) is 2.39. The Balaban J connectivity index is 3.13. The molecule has 6 heteroatoms. The monoisotopic (exact) mass is 220 g/mol. The quantitative estimate of drug-likeness (QED) is 0.716. The Morgan fingerprint density at radius 1 is 1.62 bits per heavy atom. The van der Waals surface area contributed by atoms with Gasteiger partial charge in [0.15, 0.2) is 0 Å². The zero-order chi connectivity index (χ0) is 12.3. The summed E-state index contributed by atoms with van der Waals surface area (Å²) in [5.41, 5.74) is 0.811. The fraction of sp³-hybridized carbons (Fsp3) is 0.400. The second-order valence-electron chi connectivity index (χ2n) is 3.35. The molecule has 84 valence electrons. The first-order valence-corrected chi connectivity index (χ1v) is 4.86. The number of amides is 1. The van der Waals surface area contributed by atoms with Gasteiger partial charge in [0.05, 0.1) is 6.61 Å². The van der Waals surface area contributed by atoms with Crippen LogP contribution in [0.4, 0.5) is 10.5 Å². The summed E-state index contributed by atoms with van der Waals surface area (Å²) in [7, 11) is 7.25. The first-order valence-electron chi connectivity index (χ1n) is 4.86. The second kappa shape index (κ2) is 4.87. The fourth-order valence-electron chi connectivity index (χ4n) is 1.26. The second-order valence-corrected chi connectivity index (χ2v) is 3.35. The number of anilines is 1. The van der Waals surface area contributed by atoms with Crippen molar-refractivity contribution >= 4 is 25.1 Å². The molecule has 0 bridgehead atoms. The highest BCUT2D eigenvalue weighted by atomic mass is 16.5. The number of nitrogens with one attached hydrogen (secondary N) is 1. The van der Waals surface area contributed by atoms with Gasteiger partial charge in [-0.05, 0) is 19.4 Å². The molecule has 5 nitrogen and oxygen atoms in total. The van der Waals surface area contributed by atoms with Crippen molar-refractivity contribution in [3.05, 3.63) is 22.1 Å². The van der Waals surface area contributed by atoms with E-state index in [1.165, 1.54) is 10.8 Å². The molecule has 1 aromatic heterocycles. The molecule has 0 aromatic carbocycles. The zero-order valence-corrected chi connectivity index (χ0v) is 9.53. The van der Waals surface area contributed by atoms with E-state index in [4.69, 9.17) is 12.6 Å². The topological polar surface area (TPSA) is 60.3 Å². The average molecular weight is 220 g/mol. The summed E-state index contributed by atoms with van der Waals surface area (Å²) in [6.45, 7) is 3.59. The number of aryl methyl sites for hydroxylation is 1. The van der Waals surface area contributed by atoms with Crippen LogP contribution in [-0.2, 0) is 11.8 Å². The number of ether oxygens (including phenoxy) is 1. The van der Waals surface area contributed by atoms with E-state index < -0.39 is 6.09 Å². The largest absolute Gasteiger partial charge is 0.450 e. The highest BCUT2D eigenvalue weighted by molar-refractivity contribution is 6.33. The number of pyridine rings is 1. The molecule has 0 unspecified atom stereocenters. The highest BCUT2D eigenvalue weighted by Gasteiger charge is 2.11. The van der Waals surface area contributed by atoms with E-state index >= 15 is 0 Å². The lowest BCUT2D eigenvalue weighted by Crippen LogP contribution is -2.30. The van der Waals surface area contributed by atoms with Crippen LogP contribution in [0.5, 0.6) is 0 Å². The molecule has 1 N–H and O–H groups in total. The SMILES string of the molecule is [B]c1cn(C)c(=O)c(NC(=O)OCC)c1C. The minimum absolute atomic E-state index is 0.154. The Bertz CT molecular complexity index is 468. The third-order valence-electron chi connectivity index (χ3n) is 2.18. The maximum absolute atomic E-state index is 11.7. The van der Waals surface area contributed by atoms with Crippen molar-refractivity contribution < 1.29 is 9.53 Å². The molecule has 1 aromatic rings. The van der Waals surface area contributed by atoms with E-state index in [0.717, 1.165) is 0 Å². The predicted octanol–water partition coefficient (Wildman–Crippen LogP) is 0.0559. The lowest BCUT2D eigenvalue weighted by molar-refractivity contribution is 0.168. The summed E-state index contributed by atoms with van der Waals surface area (Å²) in [4.78, 5) is 22.9. The number of hydrogen-bond acceptors (Lipinski definition) is 3. The van der Waals surface area contributed by atoms with E-state index in [0.29, 0.717) is 11.0 Å². The summed E-state index contributed by atoms with van der Waals surface area (Å²) >= 11 is 0. The van der Waals surface area contributed by atoms with Crippen molar-refractivity contribution in [2.45, 2.75) is 13.8 Å². The van der Waals surface area contributed by atoms with Crippen LogP contribution in [0.3, 0.4) is 0 Å². The van der Waals surface area contributed by atoms with E-state index in [-0.39, 0.29) is 17.9 Å². The molecule has 0 saturated heterocycles. The van der Waals surface area contributed by atoms with Crippen molar-refractivity contribution in [2.24, 2.45) is 7.05 Å². The standard InChI is InChI=1S/C10H13BN2O3/c1-4-16-10(15)12-8-6(2)7(11)5-13(3)9(8)14/h5H,4H2,1-3H3,(H,12,15). The molecule has 0 spiro atoms. The van der Waals surface area contributed by atoms with Crippen LogP contribution in [0, 0.1) is 6.92 Å². The number of hydrogen-bond donors (Lipinski definition) is 1. The van der Waals surface area contributed by atoms with Crippen molar-refractivity contribution in [1.29, 1.82) is 0 Å². The fourth-order valence-corrected chi connectivity index (χ4v) is 1.26. The molecule has 0 aliphatic heterocycles. The number of carbonyl (C=O) groups excluding carboxylic acids is 1. The summed E-state index contributed by atoms with van der Waals surface area (Å²) in [6.07, 6.45) is 0.849. The van der Waals surface area contributed by atoms with Gasteiger partial charge in [0.25, 0.3) is 5.56 Å². The third-order valence-corrected chi connectivity index (χ3v) is 2.18. The summed E-state index contributed by atoms with van der Waals surface area (Å²) in [6, 6.07) is 0. The Morgan fingerprint density at radius 3 is 2.81 bits per heavy atom. The van der Waals surface area contributed by atoms with Crippen molar-refractivity contribution in [2.75, 3.05) is 11.9 Å². The Kier molecular flexibility index (Phi) is 3.76. The van der Waals surface area contributed by atoms with Gasteiger partial charge in [-0.3, -0.25) is 10.1 Å². The predicted molar refractivity (Wildman–Crippen MR) is 62.5 cm³/mol. The summed E-state index contributed by atoms with van der Waals surface area (Å²) < 4.78 is 6.01. The first kappa shape index (κ1) is 12.4. The van der Waals surface area contributed by atoms with Crippen LogP contribution in [0.1, 0.15) is 12.5 Å². The highest BCUT2D eigenvalue weighted by Crippen LogP contribution is 2.05. The van der Waals surface area contributed by atoms with E-state index in [1.807, 2.05) is 0 Å². The molecule has 0 atom stereocenters. The summed E-state index contributed by atoms with van der Waals surface area (Å²) in [5.74, 6) is 0. The van der Waals surface area contributed by atoms with E-state index in [1.54, 1.807) is 20.9 Å². The van der Waals surface area contributed by atoms with Gasteiger partial charge in [-0.2, -0.15) is 0 Å². The zero-order valence-electron chi connectivity index (χ0n) is 9.53. The Morgan fingerprint density at radius 2 is 2.25 bits per heavy atom. The molecule has 0 aliphatic carbocycles. The number of carbonyl (C=O) groups is 1. The van der Waals surface area contributed by atoms with Crippen LogP contribution >= 0.6 is 0 Å². The van der Waals surface area contributed by atoms with Gasteiger partial charge in [0.1, 0.15) is 13.5 Å². The first-order chi connectivity index (χ1) is 7.47. The molecular weight excluding hydrogens is 207 g/mol. The molecule has 16 heavy (non-hydrogen) atoms. The van der Waals surface area contributed by atoms with Crippen LogP contribution < -0.4 is 16.3 Å². The normalized spacial score (nSPS) is 9.94. The van der Waals surface area contributed by atoms with Gasteiger partial charge in [0.2, 0.25) is 0 Å².